The van der Waals surface area contributed by atoms with Crippen LogP contribution in [0.15, 0.2) is 34.3 Å². The Hall–Kier alpha value is -3.54. The van der Waals surface area contributed by atoms with E-state index in [1.54, 1.807) is 6.07 Å². The molecule has 2 rings (SSSR count). The molecule has 25 heavy (non-hydrogen) atoms. The van der Waals surface area contributed by atoms with E-state index in [0.29, 0.717) is 5.57 Å². The summed E-state index contributed by atoms with van der Waals surface area (Å²) in [6.07, 6.45) is 1.29. The third kappa shape index (κ3) is 3.23. The fraction of sp³-hybridized carbons (Fsp3) is 0.250. The highest BCUT2D eigenvalue weighted by atomic mass is 16.6. The first-order valence-corrected chi connectivity index (χ1v) is 7.11. The average molecular weight is 342 g/mol. The number of methoxy groups -OCH3 is 1. The van der Waals surface area contributed by atoms with E-state index in [-0.39, 0.29) is 22.7 Å². The van der Waals surface area contributed by atoms with Gasteiger partial charge in [0, 0.05) is 19.3 Å². The van der Waals surface area contributed by atoms with Gasteiger partial charge in [0.1, 0.15) is 17.3 Å². The monoisotopic (exact) mass is 342 g/mol. The molecule has 0 bridgehead atoms. The van der Waals surface area contributed by atoms with E-state index < -0.39 is 22.7 Å². The van der Waals surface area contributed by atoms with Crippen LogP contribution >= 0.6 is 0 Å². The Balaban J connectivity index is 2.43. The number of nitro groups is 1. The number of nitrogens with zero attached hydrogens (tertiary/aromatic N) is 4. The van der Waals surface area contributed by atoms with Crippen molar-refractivity contribution in [2.45, 2.75) is 6.92 Å². The van der Waals surface area contributed by atoms with Crippen LogP contribution in [0.1, 0.15) is 6.92 Å². The molecule has 1 aromatic carbocycles. The zero-order valence-corrected chi connectivity index (χ0v) is 13.7. The largest absolute Gasteiger partial charge is 0.494 e. The molecule has 0 aliphatic carbocycles. The number of ether oxygens (including phenoxy) is 1. The molecular formula is C16H14N4O5. The van der Waals surface area contributed by atoms with Gasteiger partial charge in [-0.05, 0) is 18.6 Å². The van der Waals surface area contributed by atoms with E-state index in [4.69, 9.17) is 10.00 Å². The van der Waals surface area contributed by atoms with E-state index in [2.05, 4.69) is 4.99 Å². The van der Waals surface area contributed by atoms with Gasteiger partial charge in [-0.15, -0.1) is 0 Å². The van der Waals surface area contributed by atoms with Crippen LogP contribution in [-0.4, -0.2) is 42.0 Å². The van der Waals surface area contributed by atoms with E-state index in [1.807, 2.05) is 0 Å². The lowest BCUT2D eigenvalue weighted by atomic mass is 9.91. The molecule has 128 valence electrons. The van der Waals surface area contributed by atoms with Gasteiger partial charge in [0.2, 0.25) is 5.91 Å². The molecule has 0 unspecified atom stereocenters. The molecule has 9 heteroatoms. The lowest BCUT2D eigenvalue weighted by Gasteiger charge is -2.26. The summed E-state index contributed by atoms with van der Waals surface area (Å²) in [5.41, 5.74) is 0.332. The summed E-state index contributed by atoms with van der Waals surface area (Å²) in [7, 11) is 2.64. The number of nitriles is 1. The molecule has 9 nitrogen and oxygen atoms in total. The maximum atomic E-state index is 12.3. The SMILES string of the molecule is COc1cc([N+](=O)[O-])ccc1N=C[C@@H]1C(=O)N(C)C(=O)C(C#N)=C1C. The smallest absolute Gasteiger partial charge is 0.273 e. The number of non-ortho nitro benzene ring substituents is 1. The maximum absolute atomic E-state index is 12.3. The highest BCUT2D eigenvalue weighted by molar-refractivity contribution is 6.15. The van der Waals surface area contributed by atoms with Crippen molar-refractivity contribution in [1.29, 1.82) is 5.26 Å². The minimum atomic E-state index is -0.878. The van der Waals surface area contributed by atoms with Gasteiger partial charge in [0.05, 0.1) is 24.0 Å². The standard InChI is InChI=1S/C16H14N4O5/c1-9-11(7-17)15(21)19(2)16(22)12(9)8-18-13-5-4-10(20(23)24)6-14(13)25-3/h4-6,8,12H,1-3H3/t12-/m0/s1. The van der Waals surface area contributed by atoms with Gasteiger partial charge in [-0.25, -0.2) is 0 Å². The molecule has 0 spiro atoms. The van der Waals surface area contributed by atoms with Gasteiger partial charge in [-0.1, -0.05) is 0 Å². The third-order valence-corrected chi connectivity index (χ3v) is 3.82. The van der Waals surface area contributed by atoms with E-state index in [9.17, 15) is 19.7 Å². The highest BCUT2D eigenvalue weighted by Gasteiger charge is 2.36. The van der Waals surface area contributed by atoms with Gasteiger partial charge in [-0.3, -0.25) is 29.6 Å². The zero-order chi connectivity index (χ0) is 18.7. The summed E-state index contributed by atoms with van der Waals surface area (Å²) in [5, 5.41) is 19.9. The van der Waals surface area contributed by atoms with Crippen molar-refractivity contribution in [3.05, 3.63) is 39.5 Å². The summed E-state index contributed by atoms with van der Waals surface area (Å²) in [6.45, 7) is 1.52. The van der Waals surface area contributed by atoms with Crippen LogP contribution < -0.4 is 4.74 Å². The molecular weight excluding hydrogens is 328 g/mol. The summed E-state index contributed by atoms with van der Waals surface area (Å²) < 4.78 is 5.08. The first-order valence-electron chi connectivity index (χ1n) is 7.11. The summed E-state index contributed by atoms with van der Waals surface area (Å²) in [6, 6.07) is 5.67. The van der Waals surface area contributed by atoms with Crippen molar-refractivity contribution >= 4 is 29.4 Å². The number of nitro benzene ring substituents is 1. The number of likely N-dealkylation sites (N-methyl/N-ethyl adjacent to an activating group) is 1. The second kappa shape index (κ2) is 6.92. The van der Waals surface area contributed by atoms with Crippen LogP contribution in [-0.2, 0) is 9.59 Å². The predicted octanol–water partition coefficient (Wildman–Crippen LogP) is 1.76. The van der Waals surface area contributed by atoms with Gasteiger partial charge in [0.25, 0.3) is 11.6 Å². The Morgan fingerprint density at radius 3 is 2.68 bits per heavy atom. The van der Waals surface area contributed by atoms with E-state index >= 15 is 0 Å². The minimum Gasteiger partial charge on any atom is -0.494 e. The molecule has 1 aromatic rings. The summed E-state index contributed by atoms with van der Waals surface area (Å²) in [4.78, 5) is 39.4. The average Bonchev–Trinajstić information content (AvgIpc) is 2.60. The van der Waals surface area contributed by atoms with Gasteiger partial charge in [-0.2, -0.15) is 5.26 Å². The molecule has 0 radical (unpaired) electrons. The van der Waals surface area contributed by atoms with Crippen molar-refractivity contribution in [3.8, 4) is 11.8 Å². The maximum Gasteiger partial charge on any atom is 0.273 e. The van der Waals surface area contributed by atoms with E-state index in [1.165, 1.54) is 45.5 Å². The normalized spacial score (nSPS) is 17.8. The van der Waals surface area contributed by atoms with Crippen LogP contribution in [0.25, 0.3) is 0 Å². The Labute approximate surface area is 143 Å². The Kier molecular flexibility index (Phi) is 4.93. The Morgan fingerprint density at radius 1 is 1.44 bits per heavy atom. The van der Waals surface area contributed by atoms with Crippen molar-refractivity contribution in [2.24, 2.45) is 10.9 Å². The molecule has 2 amide bonds. The topological polar surface area (TPSA) is 126 Å². The molecule has 1 aliphatic heterocycles. The summed E-state index contributed by atoms with van der Waals surface area (Å²) in [5.74, 6) is -1.87. The van der Waals surface area contributed by atoms with Crippen LogP contribution in [0.5, 0.6) is 5.75 Å². The molecule has 0 saturated carbocycles. The number of amides is 2. The molecule has 0 N–H and O–H groups in total. The quantitative estimate of drug-likeness (QED) is 0.355. The first-order chi connectivity index (χ1) is 11.8. The molecule has 1 aliphatic rings. The van der Waals surface area contributed by atoms with Crippen LogP contribution in [0.3, 0.4) is 0 Å². The number of carbonyl (C=O) groups is 2. The van der Waals surface area contributed by atoms with Crippen LogP contribution in [0, 0.1) is 27.4 Å². The first kappa shape index (κ1) is 17.8. The molecule has 0 aromatic heterocycles. The lowest BCUT2D eigenvalue weighted by molar-refractivity contribution is -0.384. The fourth-order valence-corrected chi connectivity index (χ4v) is 2.34. The lowest BCUT2D eigenvalue weighted by Crippen LogP contribution is -2.44. The highest BCUT2D eigenvalue weighted by Crippen LogP contribution is 2.32. The van der Waals surface area contributed by atoms with Crippen molar-refractivity contribution in [1.82, 2.24) is 4.90 Å². The van der Waals surface area contributed by atoms with Crippen molar-refractivity contribution in [3.63, 3.8) is 0 Å². The van der Waals surface area contributed by atoms with Crippen molar-refractivity contribution in [2.75, 3.05) is 14.2 Å². The van der Waals surface area contributed by atoms with Crippen molar-refractivity contribution < 1.29 is 19.2 Å². The second-order valence-corrected chi connectivity index (χ2v) is 5.24. The Bertz CT molecular complexity index is 866. The van der Waals surface area contributed by atoms with Gasteiger partial charge in [0.15, 0.2) is 5.75 Å². The number of carbonyl (C=O) groups excluding carboxylic acids is 2. The fourth-order valence-electron chi connectivity index (χ4n) is 2.34. The number of aliphatic imine (C=N–C) groups is 1. The van der Waals surface area contributed by atoms with Gasteiger partial charge < -0.3 is 4.74 Å². The Morgan fingerprint density at radius 2 is 2.12 bits per heavy atom. The number of benzene rings is 1. The molecule has 0 fully saturated rings. The van der Waals surface area contributed by atoms with Gasteiger partial charge >= 0.3 is 0 Å². The number of hydrogen-bond acceptors (Lipinski definition) is 7. The van der Waals surface area contributed by atoms with Crippen LogP contribution in [0.2, 0.25) is 0 Å². The minimum absolute atomic E-state index is 0.103. The van der Waals surface area contributed by atoms with Crippen LogP contribution in [0.4, 0.5) is 11.4 Å². The predicted molar refractivity (Wildman–Crippen MR) is 87.4 cm³/mol. The number of imide groups is 1. The van der Waals surface area contributed by atoms with E-state index in [0.717, 1.165) is 4.90 Å². The summed E-state index contributed by atoms with van der Waals surface area (Å²) >= 11 is 0. The molecule has 1 heterocycles. The molecule has 0 saturated heterocycles. The molecule has 1 atom stereocenters. The second-order valence-electron chi connectivity index (χ2n) is 5.24. The number of rotatable bonds is 4. The number of hydrogen-bond donors (Lipinski definition) is 0. The third-order valence-electron chi connectivity index (χ3n) is 3.82. The zero-order valence-electron chi connectivity index (χ0n) is 13.7.